The van der Waals surface area contributed by atoms with Gasteiger partial charge in [-0.3, -0.25) is 14.4 Å². The van der Waals surface area contributed by atoms with Crippen LogP contribution in [-0.2, 0) is 9.59 Å². The van der Waals surface area contributed by atoms with Gasteiger partial charge in [0.1, 0.15) is 0 Å². The van der Waals surface area contributed by atoms with E-state index in [0.29, 0.717) is 16.9 Å². The second kappa shape index (κ2) is 9.73. The molecule has 3 rings (SSSR count). The minimum atomic E-state index is -0.210. The van der Waals surface area contributed by atoms with Crippen molar-refractivity contribution in [1.82, 2.24) is 4.90 Å². The fourth-order valence-corrected chi connectivity index (χ4v) is 3.27. The summed E-state index contributed by atoms with van der Waals surface area (Å²) in [6.07, 6.45) is 3.25. The van der Waals surface area contributed by atoms with Crippen molar-refractivity contribution in [2.45, 2.75) is 26.2 Å². The molecule has 7 heteroatoms. The average molecular weight is 394 g/mol. The topological polar surface area (TPSA) is 90.5 Å². The Hall–Kier alpha value is -3.35. The lowest BCUT2D eigenvalue weighted by atomic mass is 10.1. The maximum Gasteiger partial charge on any atom is 0.253 e. The molecule has 3 amide bonds. The van der Waals surface area contributed by atoms with Gasteiger partial charge in [-0.15, -0.1) is 0 Å². The Morgan fingerprint density at radius 2 is 1.55 bits per heavy atom. The summed E-state index contributed by atoms with van der Waals surface area (Å²) in [6, 6.07) is 14.1. The van der Waals surface area contributed by atoms with Gasteiger partial charge in [0.05, 0.1) is 6.54 Å². The second-order valence-corrected chi connectivity index (χ2v) is 7.09. The third-order valence-corrected chi connectivity index (χ3v) is 4.69. The minimum Gasteiger partial charge on any atom is -0.376 e. The first-order valence-corrected chi connectivity index (χ1v) is 9.82. The van der Waals surface area contributed by atoms with Crippen molar-refractivity contribution in [2.75, 3.05) is 35.6 Å². The van der Waals surface area contributed by atoms with E-state index in [1.54, 1.807) is 48.5 Å². The Bertz CT molecular complexity index is 874. The molecular weight excluding hydrogens is 368 g/mol. The van der Waals surface area contributed by atoms with Crippen LogP contribution in [0, 0.1) is 0 Å². The van der Waals surface area contributed by atoms with Crippen LogP contribution in [0.1, 0.15) is 36.5 Å². The van der Waals surface area contributed by atoms with Gasteiger partial charge in [-0.2, -0.15) is 0 Å². The van der Waals surface area contributed by atoms with Crippen LogP contribution in [0.5, 0.6) is 0 Å². The quantitative estimate of drug-likeness (QED) is 0.701. The number of hydrogen-bond donors (Lipinski definition) is 3. The number of anilines is 3. The van der Waals surface area contributed by atoms with E-state index in [2.05, 4.69) is 16.0 Å². The normalized spacial score (nSPS) is 13.5. The summed E-state index contributed by atoms with van der Waals surface area (Å²) in [7, 11) is 0. The molecule has 29 heavy (non-hydrogen) atoms. The Morgan fingerprint density at radius 3 is 2.24 bits per heavy atom. The van der Waals surface area contributed by atoms with Crippen molar-refractivity contribution in [1.29, 1.82) is 0 Å². The molecule has 2 aromatic carbocycles. The number of carbonyl (C=O) groups excluding carboxylic acids is 3. The molecule has 0 bridgehead atoms. The van der Waals surface area contributed by atoms with Gasteiger partial charge in [0.25, 0.3) is 5.91 Å². The first kappa shape index (κ1) is 20.4. The van der Waals surface area contributed by atoms with Crippen molar-refractivity contribution < 1.29 is 14.4 Å². The predicted octanol–water partition coefficient (Wildman–Crippen LogP) is 3.32. The third kappa shape index (κ3) is 6.07. The molecule has 1 aliphatic rings. The van der Waals surface area contributed by atoms with E-state index in [4.69, 9.17) is 0 Å². The van der Waals surface area contributed by atoms with Crippen LogP contribution in [0.15, 0.2) is 48.5 Å². The van der Waals surface area contributed by atoms with Gasteiger partial charge in [-0.05, 0) is 61.7 Å². The van der Waals surface area contributed by atoms with E-state index < -0.39 is 0 Å². The van der Waals surface area contributed by atoms with Gasteiger partial charge in [0.15, 0.2) is 0 Å². The van der Waals surface area contributed by atoms with Gasteiger partial charge >= 0.3 is 0 Å². The monoisotopic (exact) mass is 394 g/mol. The SMILES string of the molecule is CC(=O)Nc1ccc(NCC(=O)Nc2cccc(C(=O)N3CCCCC3)c2)cc1. The van der Waals surface area contributed by atoms with Gasteiger partial charge < -0.3 is 20.9 Å². The molecule has 0 aromatic heterocycles. The molecule has 0 radical (unpaired) electrons. The van der Waals surface area contributed by atoms with Crippen LogP contribution in [-0.4, -0.2) is 42.3 Å². The third-order valence-electron chi connectivity index (χ3n) is 4.69. The summed E-state index contributed by atoms with van der Waals surface area (Å²) in [4.78, 5) is 37.8. The summed E-state index contributed by atoms with van der Waals surface area (Å²) >= 11 is 0. The minimum absolute atomic E-state index is 0.0122. The zero-order valence-corrected chi connectivity index (χ0v) is 16.5. The molecule has 0 saturated carbocycles. The van der Waals surface area contributed by atoms with E-state index in [0.717, 1.165) is 31.6 Å². The van der Waals surface area contributed by atoms with Crippen LogP contribution < -0.4 is 16.0 Å². The van der Waals surface area contributed by atoms with Crippen LogP contribution in [0.3, 0.4) is 0 Å². The molecule has 152 valence electrons. The molecular formula is C22H26N4O3. The van der Waals surface area contributed by atoms with Gasteiger partial charge in [0.2, 0.25) is 11.8 Å². The first-order valence-electron chi connectivity index (χ1n) is 9.82. The van der Waals surface area contributed by atoms with E-state index in [9.17, 15) is 14.4 Å². The zero-order chi connectivity index (χ0) is 20.6. The number of nitrogens with one attached hydrogen (secondary N) is 3. The molecule has 1 fully saturated rings. The molecule has 7 nitrogen and oxygen atoms in total. The number of carbonyl (C=O) groups is 3. The largest absolute Gasteiger partial charge is 0.376 e. The van der Waals surface area contributed by atoms with Crippen molar-refractivity contribution in [3.05, 3.63) is 54.1 Å². The summed E-state index contributed by atoms with van der Waals surface area (Å²) in [5.74, 6) is -0.331. The molecule has 1 saturated heterocycles. The Morgan fingerprint density at radius 1 is 0.862 bits per heavy atom. The maximum atomic E-state index is 12.6. The molecule has 0 aliphatic carbocycles. The highest BCUT2D eigenvalue weighted by molar-refractivity contribution is 5.98. The highest BCUT2D eigenvalue weighted by atomic mass is 16.2. The number of amides is 3. The van der Waals surface area contributed by atoms with Gasteiger partial charge in [-0.25, -0.2) is 0 Å². The lowest BCUT2D eigenvalue weighted by Crippen LogP contribution is -2.35. The predicted molar refractivity (Wildman–Crippen MR) is 114 cm³/mol. The average Bonchev–Trinajstić information content (AvgIpc) is 2.73. The molecule has 0 atom stereocenters. The fraction of sp³-hybridized carbons (Fsp3) is 0.318. The highest BCUT2D eigenvalue weighted by Gasteiger charge is 2.18. The lowest BCUT2D eigenvalue weighted by molar-refractivity contribution is -0.115. The maximum absolute atomic E-state index is 12.6. The number of piperidine rings is 1. The molecule has 3 N–H and O–H groups in total. The molecule has 1 heterocycles. The summed E-state index contributed by atoms with van der Waals surface area (Å²) < 4.78 is 0. The summed E-state index contributed by atoms with van der Waals surface area (Å²) in [5, 5.41) is 8.54. The standard InChI is InChI=1S/C22H26N4O3/c1-16(27)24-19-10-8-18(9-11-19)23-15-21(28)25-20-7-5-6-17(14-20)22(29)26-12-3-2-4-13-26/h5-11,14,23H,2-4,12-13,15H2,1H3,(H,24,27)(H,25,28). The number of benzene rings is 2. The fourth-order valence-electron chi connectivity index (χ4n) is 3.27. The van der Waals surface area contributed by atoms with Crippen molar-refractivity contribution in [3.63, 3.8) is 0 Å². The van der Waals surface area contributed by atoms with E-state index in [1.807, 2.05) is 4.90 Å². The highest BCUT2D eigenvalue weighted by Crippen LogP contribution is 2.17. The van der Waals surface area contributed by atoms with Crippen molar-refractivity contribution in [2.24, 2.45) is 0 Å². The first-order chi connectivity index (χ1) is 14.0. The van der Waals surface area contributed by atoms with Crippen LogP contribution in [0.25, 0.3) is 0 Å². The van der Waals surface area contributed by atoms with Gasteiger partial charge in [-0.1, -0.05) is 6.07 Å². The van der Waals surface area contributed by atoms with Crippen LogP contribution >= 0.6 is 0 Å². The molecule has 1 aliphatic heterocycles. The Labute approximate surface area is 170 Å². The lowest BCUT2D eigenvalue weighted by Gasteiger charge is -2.26. The van der Waals surface area contributed by atoms with Crippen molar-refractivity contribution >= 4 is 34.8 Å². The van der Waals surface area contributed by atoms with E-state index in [-0.39, 0.29) is 24.3 Å². The Balaban J connectivity index is 1.52. The number of nitrogens with zero attached hydrogens (tertiary/aromatic N) is 1. The summed E-state index contributed by atoms with van der Waals surface area (Å²) in [6.45, 7) is 3.12. The van der Waals surface area contributed by atoms with Crippen LogP contribution in [0.4, 0.5) is 17.1 Å². The van der Waals surface area contributed by atoms with Crippen molar-refractivity contribution in [3.8, 4) is 0 Å². The zero-order valence-electron chi connectivity index (χ0n) is 16.5. The smallest absolute Gasteiger partial charge is 0.253 e. The summed E-state index contributed by atoms with van der Waals surface area (Å²) in [5.41, 5.74) is 2.65. The van der Waals surface area contributed by atoms with E-state index in [1.165, 1.54) is 13.3 Å². The van der Waals surface area contributed by atoms with E-state index >= 15 is 0 Å². The number of likely N-dealkylation sites (tertiary alicyclic amines) is 1. The van der Waals surface area contributed by atoms with Gasteiger partial charge in [0, 0.05) is 42.6 Å². The number of rotatable bonds is 6. The molecule has 0 spiro atoms. The second-order valence-electron chi connectivity index (χ2n) is 7.09. The number of hydrogen-bond acceptors (Lipinski definition) is 4. The van der Waals surface area contributed by atoms with Crippen LogP contribution in [0.2, 0.25) is 0 Å². The Kier molecular flexibility index (Phi) is 6.84. The molecule has 2 aromatic rings. The molecule has 0 unspecified atom stereocenters.